The number of imide groups is 1. The third-order valence-corrected chi connectivity index (χ3v) is 3.08. The van der Waals surface area contributed by atoms with Crippen LogP contribution in [0.15, 0.2) is 30.3 Å². The average Bonchev–Trinajstić information content (AvgIpc) is 2.42. The smallest absolute Gasteiger partial charge is 0.248 e. The molecule has 1 fully saturated rings. The van der Waals surface area contributed by atoms with Crippen molar-refractivity contribution >= 4 is 23.6 Å². The Hall–Kier alpha value is -2.14. The molecule has 2 rings (SSSR count). The third kappa shape index (κ3) is 3.00. The fourth-order valence-electron chi connectivity index (χ4n) is 1.95. The second-order valence-corrected chi connectivity index (χ2v) is 4.44. The van der Waals surface area contributed by atoms with Crippen LogP contribution in [0, 0.1) is 0 Å². The van der Waals surface area contributed by atoms with Crippen LogP contribution in [0.3, 0.4) is 0 Å². The van der Waals surface area contributed by atoms with Crippen LogP contribution in [0.1, 0.15) is 5.56 Å². The highest BCUT2D eigenvalue weighted by atomic mass is 16.2. The SMILES string of the molecule is CN1C(=O)CN(c2cccc(/C=C/CN)c2)CC1=O. The standard InChI is InChI=1S/C14H17N3O2/c1-16-13(18)9-17(10-14(16)19)12-6-2-4-11(8-12)5-3-7-15/h2-6,8H,7,9-10,15H2,1H3/b5-3+. The molecule has 0 bridgehead atoms. The van der Waals surface area contributed by atoms with Gasteiger partial charge in [-0.3, -0.25) is 14.5 Å². The number of rotatable bonds is 3. The van der Waals surface area contributed by atoms with E-state index in [4.69, 9.17) is 5.73 Å². The molecule has 5 heteroatoms. The zero-order valence-corrected chi connectivity index (χ0v) is 10.9. The molecule has 1 aliphatic rings. The van der Waals surface area contributed by atoms with E-state index in [1.165, 1.54) is 11.9 Å². The average molecular weight is 259 g/mol. The fourth-order valence-corrected chi connectivity index (χ4v) is 1.95. The first-order valence-corrected chi connectivity index (χ1v) is 6.13. The molecule has 0 saturated carbocycles. The van der Waals surface area contributed by atoms with Crippen LogP contribution in [0.25, 0.3) is 6.08 Å². The minimum absolute atomic E-state index is 0.181. The Labute approximate surface area is 112 Å². The van der Waals surface area contributed by atoms with E-state index in [-0.39, 0.29) is 24.9 Å². The number of likely N-dealkylation sites (N-methyl/N-ethyl adjacent to an activating group) is 1. The maximum atomic E-state index is 11.7. The number of hydrogen-bond acceptors (Lipinski definition) is 4. The Balaban J connectivity index is 2.20. The van der Waals surface area contributed by atoms with Crippen molar-refractivity contribution in [3.8, 4) is 0 Å². The Morgan fingerprint density at radius 1 is 1.26 bits per heavy atom. The van der Waals surface area contributed by atoms with Crippen molar-refractivity contribution in [3.05, 3.63) is 35.9 Å². The number of nitrogens with two attached hydrogens (primary N) is 1. The van der Waals surface area contributed by atoms with Crippen LogP contribution >= 0.6 is 0 Å². The molecule has 2 N–H and O–H groups in total. The summed E-state index contributed by atoms with van der Waals surface area (Å²) in [6.45, 7) is 0.939. The molecule has 0 spiro atoms. The summed E-state index contributed by atoms with van der Waals surface area (Å²) < 4.78 is 0. The zero-order valence-electron chi connectivity index (χ0n) is 10.9. The van der Waals surface area contributed by atoms with E-state index in [9.17, 15) is 9.59 Å². The van der Waals surface area contributed by atoms with E-state index in [0.717, 1.165) is 11.3 Å². The predicted molar refractivity (Wildman–Crippen MR) is 74.5 cm³/mol. The number of carbonyl (C=O) groups excluding carboxylic acids is 2. The minimum atomic E-state index is -0.181. The molecule has 1 heterocycles. The van der Waals surface area contributed by atoms with Gasteiger partial charge in [-0.15, -0.1) is 0 Å². The quantitative estimate of drug-likeness (QED) is 0.801. The largest absolute Gasteiger partial charge is 0.353 e. The summed E-state index contributed by atoms with van der Waals surface area (Å²) in [7, 11) is 1.52. The molecule has 1 saturated heterocycles. The van der Waals surface area contributed by atoms with Gasteiger partial charge in [0.15, 0.2) is 0 Å². The third-order valence-electron chi connectivity index (χ3n) is 3.08. The first-order chi connectivity index (χ1) is 9.11. The number of carbonyl (C=O) groups is 2. The van der Waals surface area contributed by atoms with Crippen molar-refractivity contribution in [3.63, 3.8) is 0 Å². The topological polar surface area (TPSA) is 66.6 Å². The lowest BCUT2D eigenvalue weighted by Crippen LogP contribution is -2.52. The van der Waals surface area contributed by atoms with Crippen LogP contribution in [-0.4, -0.2) is 43.4 Å². The molecule has 100 valence electrons. The molecule has 5 nitrogen and oxygen atoms in total. The number of anilines is 1. The fraction of sp³-hybridized carbons (Fsp3) is 0.286. The van der Waals surface area contributed by atoms with E-state index in [1.54, 1.807) is 4.90 Å². The van der Waals surface area contributed by atoms with E-state index in [0.29, 0.717) is 6.54 Å². The Kier molecular flexibility index (Phi) is 3.97. The summed E-state index contributed by atoms with van der Waals surface area (Å²) in [6.07, 6.45) is 3.78. The lowest BCUT2D eigenvalue weighted by Gasteiger charge is -2.32. The highest BCUT2D eigenvalue weighted by Gasteiger charge is 2.27. The first kappa shape index (κ1) is 13.3. The summed E-state index contributed by atoms with van der Waals surface area (Å²) in [5.74, 6) is -0.363. The van der Waals surface area contributed by atoms with Gasteiger partial charge in [0.1, 0.15) is 0 Å². The molecular weight excluding hydrogens is 242 g/mol. The molecule has 0 aliphatic carbocycles. The normalized spacial score (nSPS) is 16.5. The van der Waals surface area contributed by atoms with Crippen LogP contribution in [0.5, 0.6) is 0 Å². The monoisotopic (exact) mass is 259 g/mol. The summed E-state index contributed by atoms with van der Waals surface area (Å²) in [4.78, 5) is 26.3. The van der Waals surface area contributed by atoms with E-state index in [2.05, 4.69) is 0 Å². The molecule has 1 aliphatic heterocycles. The van der Waals surface area contributed by atoms with Crippen LogP contribution in [0.4, 0.5) is 5.69 Å². The van der Waals surface area contributed by atoms with E-state index in [1.807, 2.05) is 36.4 Å². The maximum absolute atomic E-state index is 11.7. The molecule has 2 amide bonds. The van der Waals surface area contributed by atoms with Gasteiger partial charge in [0.2, 0.25) is 11.8 Å². The second-order valence-electron chi connectivity index (χ2n) is 4.44. The van der Waals surface area contributed by atoms with Gasteiger partial charge in [-0.2, -0.15) is 0 Å². The van der Waals surface area contributed by atoms with Gasteiger partial charge in [-0.1, -0.05) is 24.3 Å². The number of amides is 2. The van der Waals surface area contributed by atoms with Crippen molar-refractivity contribution in [2.45, 2.75) is 0 Å². The van der Waals surface area contributed by atoms with Crippen molar-refractivity contribution in [2.75, 3.05) is 31.6 Å². The highest BCUT2D eigenvalue weighted by molar-refractivity contribution is 6.02. The van der Waals surface area contributed by atoms with Gasteiger partial charge in [0, 0.05) is 19.3 Å². The van der Waals surface area contributed by atoms with E-state index >= 15 is 0 Å². The van der Waals surface area contributed by atoms with Crippen LogP contribution in [0.2, 0.25) is 0 Å². The zero-order chi connectivity index (χ0) is 13.8. The Morgan fingerprint density at radius 3 is 2.58 bits per heavy atom. The molecule has 0 radical (unpaired) electrons. The van der Waals surface area contributed by atoms with Gasteiger partial charge in [-0.05, 0) is 17.7 Å². The number of piperazine rings is 1. The summed E-state index contributed by atoms with van der Waals surface area (Å²) in [6, 6.07) is 7.69. The summed E-state index contributed by atoms with van der Waals surface area (Å²) >= 11 is 0. The first-order valence-electron chi connectivity index (χ1n) is 6.13. The molecule has 0 unspecified atom stereocenters. The maximum Gasteiger partial charge on any atom is 0.248 e. The molecule has 1 aromatic rings. The van der Waals surface area contributed by atoms with Gasteiger partial charge >= 0.3 is 0 Å². The molecule has 19 heavy (non-hydrogen) atoms. The van der Waals surface area contributed by atoms with E-state index < -0.39 is 0 Å². The van der Waals surface area contributed by atoms with Gasteiger partial charge in [-0.25, -0.2) is 0 Å². The molecular formula is C14H17N3O2. The number of benzene rings is 1. The van der Waals surface area contributed by atoms with Crippen molar-refractivity contribution in [1.29, 1.82) is 0 Å². The van der Waals surface area contributed by atoms with Crippen molar-refractivity contribution in [1.82, 2.24) is 4.90 Å². The highest BCUT2D eigenvalue weighted by Crippen LogP contribution is 2.19. The lowest BCUT2D eigenvalue weighted by molar-refractivity contribution is -0.143. The Bertz CT molecular complexity index is 507. The Morgan fingerprint density at radius 2 is 1.95 bits per heavy atom. The van der Waals surface area contributed by atoms with Crippen LogP contribution < -0.4 is 10.6 Å². The van der Waals surface area contributed by atoms with Gasteiger partial charge in [0.25, 0.3) is 0 Å². The minimum Gasteiger partial charge on any atom is -0.353 e. The predicted octanol–water partition coefficient (Wildman–Crippen LogP) is 0.463. The molecule has 0 aromatic heterocycles. The van der Waals surface area contributed by atoms with Gasteiger partial charge in [0.05, 0.1) is 13.1 Å². The van der Waals surface area contributed by atoms with Crippen LogP contribution in [-0.2, 0) is 9.59 Å². The lowest BCUT2D eigenvalue weighted by atomic mass is 10.1. The number of nitrogens with zero attached hydrogens (tertiary/aromatic N) is 2. The van der Waals surface area contributed by atoms with Crippen molar-refractivity contribution in [2.24, 2.45) is 5.73 Å². The second kappa shape index (κ2) is 5.67. The number of hydrogen-bond donors (Lipinski definition) is 1. The van der Waals surface area contributed by atoms with Crippen molar-refractivity contribution < 1.29 is 9.59 Å². The summed E-state index contributed by atoms with van der Waals surface area (Å²) in [5.41, 5.74) is 7.29. The molecule has 1 aromatic carbocycles. The summed E-state index contributed by atoms with van der Waals surface area (Å²) in [5, 5.41) is 0. The molecule has 0 atom stereocenters. The van der Waals surface area contributed by atoms with Gasteiger partial charge < -0.3 is 10.6 Å².